The average molecular weight is 286 g/mol. The molecule has 1 rings (SSSR count). The molecule has 14 heavy (non-hydrogen) atoms. The second-order valence-electron chi connectivity index (χ2n) is 1.87. The Morgan fingerprint density at radius 1 is 1.07 bits per heavy atom. The van der Waals surface area contributed by atoms with Crippen LogP contribution in [-0.2, 0) is 30.6 Å². The highest BCUT2D eigenvalue weighted by atomic mass is 32.2. The fraction of sp³-hybridized carbons (Fsp3) is 1.00. The first-order valence-electron chi connectivity index (χ1n) is 2.80. The van der Waals surface area contributed by atoms with E-state index >= 15 is 0 Å². The molecule has 0 saturated carbocycles. The first-order valence-corrected chi connectivity index (χ1v) is 8.40. The summed E-state index contributed by atoms with van der Waals surface area (Å²) in [5, 5.41) is 0. The van der Waals surface area contributed by atoms with Crippen molar-refractivity contribution in [2.45, 2.75) is 0 Å². The van der Waals surface area contributed by atoms with Gasteiger partial charge >= 0.3 is 23.5 Å². The predicted molar refractivity (Wildman–Crippen MR) is 45.1 cm³/mol. The fourth-order valence-corrected chi connectivity index (χ4v) is 6.21. The van der Waals surface area contributed by atoms with Crippen LogP contribution in [0.1, 0.15) is 0 Å². The van der Waals surface area contributed by atoms with Gasteiger partial charge in [0, 0.05) is 18.3 Å². The van der Waals surface area contributed by atoms with E-state index in [4.69, 9.17) is 9.79 Å². The van der Waals surface area contributed by atoms with Crippen LogP contribution in [0.4, 0.5) is 0 Å². The Hall–Kier alpha value is 0.800. The molecule has 1 saturated heterocycles. The van der Waals surface area contributed by atoms with Crippen LogP contribution in [0.3, 0.4) is 0 Å². The van der Waals surface area contributed by atoms with Gasteiger partial charge in [0.2, 0.25) is 0 Å². The molecule has 0 aromatic heterocycles. The van der Waals surface area contributed by atoms with Crippen molar-refractivity contribution < 1.29 is 40.4 Å². The van der Waals surface area contributed by atoms with Gasteiger partial charge in [0.25, 0.3) is 0 Å². The highest BCUT2D eigenvalue weighted by molar-refractivity contribution is 7.98. The molecule has 13 heteroatoms. The van der Waals surface area contributed by atoms with Crippen LogP contribution in [0.25, 0.3) is 0 Å². The average Bonchev–Trinajstić information content (AvgIpc) is 1.75. The number of phosphoric acid groups is 3. The molecule has 0 aromatic carbocycles. The summed E-state index contributed by atoms with van der Waals surface area (Å²) in [5.41, 5.74) is 0. The molecule has 9 nitrogen and oxygen atoms in total. The normalized spacial score (nSPS) is 49.1. The van der Waals surface area contributed by atoms with Crippen molar-refractivity contribution in [3.05, 3.63) is 0 Å². The summed E-state index contributed by atoms with van der Waals surface area (Å²) >= 11 is 0.475. The molecule has 0 bridgehead atoms. The summed E-state index contributed by atoms with van der Waals surface area (Å²) in [6, 6.07) is 0. The van der Waals surface area contributed by atoms with Crippen LogP contribution in [0, 0.1) is 0 Å². The van der Waals surface area contributed by atoms with Gasteiger partial charge in [-0.1, -0.05) is 0 Å². The van der Waals surface area contributed by atoms with Crippen LogP contribution >= 0.6 is 35.5 Å². The Morgan fingerprint density at radius 2 is 1.50 bits per heavy atom. The lowest BCUT2D eigenvalue weighted by Gasteiger charge is -2.25. The Bertz CT molecular complexity index is 333. The fourth-order valence-electron chi connectivity index (χ4n) is 0.546. The first kappa shape index (κ1) is 12.9. The van der Waals surface area contributed by atoms with E-state index < -0.39 is 23.5 Å². The third kappa shape index (κ3) is 3.43. The molecule has 1 heterocycles. The lowest BCUT2D eigenvalue weighted by atomic mass is 12.0. The van der Waals surface area contributed by atoms with E-state index in [0.717, 1.165) is 0 Å². The monoisotopic (exact) mass is 286 g/mol. The molecule has 84 valence electrons. The molecule has 1 aliphatic heterocycles. The minimum atomic E-state index is -4.90. The summed E-state index contributed by atoms with van der Waals surface area (Å²) in [6.07, 6.45) is 1.30. The van der Waals surface area contributed by atoms with E-state index in [2.05, 4.69) is 16.9 Å². The van der Waals surface area contributed by atoms with Crippen molar-refractivity contribution in [1.82, 2.24) is 0 Å². The molecule has 2 atom stereocenters. The van der Waals surface area contributed by atoms with Crippen molar-refractivity contribution in [3.63, 3.8) is 0 Å². The standard InChI is InChI=1S/CH5O9P3S/c1-14-10-13(6)8-11(2,3)7-12(4,5)9-13/h1H3,(H,2,3)(H,4,5). The van der Waals surface area contributed by atoms with Crippen molar-refractivity contribution >= 4 is 35.5 Å². The van der Waals surface area contributed by atoms with Crippen LogP contribution in [0.15, 0.2) is 0 Å². The van der Waals surface area contributed by atoms with Gasteiger partial charge in [0.15, 0.2) is 0 Å². The number of rotatable bonds is 2. The third-order valence-electron chi connectivity index (χ3n) is 0.779. The van der Waals surface area contributed by atoms with E-state index in [-0.39, 0.29) is 0 Å². The van der Waals surface area contributed by atoms with Gasteiger partial charge in [0.1, 0.15) is 0 Å². The van der Waals surface area contributed by atoms with Crippen LogP contribution in [-0.4, -0.2) is 16.0 Å². The van der Waals surface area contributed by atoms with E-state index in [1.165, 1.54) is 6.26 Å². The molecule has 0 spiro atoms. The zero-order chi connectivity index (χ0) is 11.0. The molecule has 0 aliphatic carbocycles. The summed E-state index contributed by atoms with van der Waals surface area (Å²) in [5.74, 6) is 0. The zero-order valence-corrected chi connectivity index (χ0v) is 10.0. The molecule has 1 aliphatic rings. The molecule has 2 N–H and O–H groups in total. The summed E-state index contributed by atoms with van der Waals surface area (Å²) < 4.78 is 48.4. The third-order valence-corrected chi connectivity index (χ3v) is 7.01. The molecule has 0 aromatic rings. The molecular weight excluding hydrogens is 281 g/mol. The topological polar surface area (TPSA) is 129 Å². The molecule has 0 amide bonds. The van der Waals surface area contributed by atoms with Crippen LogP contribution < -0.4 is 0 Å². The van der Waals surface area contributed by atoms with Crippen molar-refractivity contribution in [2.75, 3.05) is 6.26 Å². The minimum Gasteiger partial charge on any atom is -0.302 e. The summed E-state index contributed by atoms with van der Waals surface area (Å²) in [6.45, 7) is 0. The van der Waals surface area contributed by atoms with E-state index in [1.54, 1.807) is 0 Å². The Labute approximate surface area is 82.8 Å². The van der Waals surface area contributed by atoms with Crippen molar-refractivity contribution in [1.29, 1.82) is 0 Å². The van der Waals surface area contributed by atoms with Gasteiger partial charge in [-0.2, -0.15) is 12.9 Å². The minimum absolute atomic E-state index is 0.475. The maximum atomic E-state index is 11.2. The molecule has 1 fully saturated rings. The SMILES string of the molecule is CSOP1(=O)OP(=O)(O)OP(=O)(O)O1. The van der Waals surface area contributed by atoms with Crippen LogP contribution in [0.5, 0.6) is 0 Å². The van der Waals surface area contributed by atoms with Gasteiger partial charge in [0.05, 0.1) is 0 Å². The van der Waals surface area contributed by atoms with Gasteiger partial charge < -0.3 is 9.79 Å². The lowest BCUT2D eigenvalue weighted by Crippen LogP contribution is -2.03. The molecule has 0 radical (unpaired) electrons. The quantitative estimate of drug-likeness (QED) is 0.570. The Kier molecular flexibility index (Phi) is 3.67. The van der Waals surface area contributed by atoms with Gasteiger partial charge in [-0.25, -0.2) is 17.7 Å². The summed E-state index contributed by atoms with van der Waals surface area (Å²) in [4.78, 5) is 17.4. The van der Waals surface area contributed by atoms with Crippen LogP contribution in [0.2, 0.25) is 0 Å². The smallest absolute Gasteiger partial charge is 0.302 e. The van der Waals surface area contributed by atoms with Crippen molar-refractivity contribution in [3.8, 4) is 0 Å². The van der Waals surface area contributed by atoms with Gasteiger partial charge in [-0.3, -0.25) is 0 Å². The predicted octanol–water partition coefficient (Wildman–Crippen LogP) is 1.65. The first-order chi connectivity index (χ1) is 6.18. The largest absolute Gasteiger partial charge is 0.503 e. The number of hydrogen-bond acceptors (Lipinski definition) is 8. The van der Waals surface area contributed by atoms with Gasteiger partial charge in [-0.15, -0.1) is 0 Å². The Morgan fingerprint density at radius 3 is 1.86 bits per heavy atom. The second kappa shape index (κ2) is 3.99. The Balaban J connectivity index is 2.98. The van der Waals surface area contributed by atoms with Crippen molar-refractivity contribution in [2.24, 2.45) is 0 Å². The van der Waals surface area contributed by atoms with E-state index in [9.17, 15) is 13.7 Å². The highest BCUT2D eigenvalue weighted by Gasteiger charge is 2.54. The highest BCUT2D eigenvalue weighted by Crippen LogP contribution is 2.80. The molecule has 2 unspecified atom stereocenters. The van der Waals surface area contributed by atoms with E-state index in [1.807, 2.05) is 0 Å². The summed E-state index contributed by atoms with van der Waals surface area (Å²) in [7, 11) is -14.3. The maximum Gasteiger partial charge on any atom is 0.503 e. The second-order valence-corrected chi connectivity index (χ2v) is 7.53. The maximum absolute atomic E-state index is 11.2. The van der Waals surface area contributed by atoms with E-state index in [0.29, 0.717) is 12.0 Å². The zero-order valence-electron chi connectivity index (χ0n) is 6.50. The lowest BCUT2D eigenvalue weighted by molar-refractivity contribution is 0.171. The molecular formula is CH5O9P3S. The number of hydrogen-bond donors (Lipinski definition) is 2. The van der Waals surface area contributed by atoms with Gasteiger partial charge in [-0.05, 0) is 0 Å².